The number of amides is 3. The third kappa shape index (κ3) is 6.69. The Labute approximate surface area is 138 Å². The molecule has 0 saturated heterocycles. The van der Waals surface area contributed by atoms with Crippen molar-refractivity contribution in [3.63, 3.8) is 0 Å². The molecule has 0 aromatic heterocycles. The Morgan fingerprint density at radius 2 is 1.78 bits per heavy atom. The molecule has 0 radical (unpaired) electrons. The summed E-state index contributed by atoms with van der Waals surface area (Å²) in [6.07, 6.45) is 0. The summed E-state index contributed by atoms with van der Waals surface area (Å²) in [6.45, 7) is 8.63. The summed E-state index contributed by atoms with van der Waals surface area (Å²) in [5, 5.41) is 4.98. The van der Waals surface area contributed by atoms with Gasteiger partial charge in [-0.15, -0.1) is 0 Å². The summed E-state index contributed by atoms with van der Waals surface area (Å²) in [6, 6.07) is 6.86. The summed E-state index contributed by atoms with van der Waals surface area (Å²) in [5.74, 6) is 0.506. The molecule has 128 valence electrons. The molecule has 1 atom stereocenters. The number of carbonyl (C=O) groups is 2. The molecule has 23 heavy (non-hydrogen) atoms. The van der Waals surface area contributed by atoms with E-state index in [-0.39, 0.29) is 11.9 Å². The molecule has 0 saturated carbocycles. The highest BCUT2D eigenvalue weighted by Crippen LogP contribution is 2.14. The lowest BCUT2D eigenvalue weighted by molar-refractivity contribution is -0.124. The van der Waals surface area contributed by atoms with Crippen molar-refractivity contribution in [1.29, 1.82) is 0 Å². The number of likely N-dealkylation sites (N-methyl/N-ethyl adjacent to an activating group) is 1. The number of carbonyl (C=O) groups excluding carboxylic acids is 2. The van der Waals surface area contributed by atoms with Gasteiger partial charge in [-0.2, -0.15) is 0 Å². The first-order chi connectivity index (χ1) is 10.8. The van der Waals surface area contributed by atoms with E-state index in [9.17, 15) is 9.59 Å². The second kappa shape index (κ2) is 9.15. The Bertz CT molecular complexity index is 514. The number of imide groups is 1. The van der Waals surface area contributed by atoms with E-state index < -0.39 is 12.1 Å². The first-order valence-corrected chi connectivity index (χ1v) is 7.86. The van der Waals surface area contributed by atoms with Gasteiger partial charge in [-0.25, -0.2) is 4.79 Å². The van der Waals surface area contributed by atoms with Crippen molar-refractivity contribution in [2.75, 3.05) is 13.7 Å². The predicted octanol–water partition coefficient (Wildman–Crippen LogP) is 2.14. The number of nitrogens with one attached hydrogen (secondary N) is 2. The monoisotopic (exact) mass is 321 g/mol. The van der Waals surface area contributed by atoms with E-state index in [1.807, 2.05) is 57.0 Å². The number of benzene rings is 1. The molecule has 0 unspecified atom stereocenters. The molecule has 6 nitrogen and oxygen atoms in total. The standard InChI is InChI=1S/C17H27N3O3/c1-6-23-15-9-7-14(8-10-15)11-20(5)13(4)16(21)19-17(22)18-12(2)3/h7-10,12-13H,6,11H2,1-5H3,(H2,18,19,21,22)/t13-/m1/s1. The molecule has 1 rings (SSSR count). The van der Waals surface area contributed by atoms with E-state index in [0.717, 1.165) is 11.3 Å². The topological polar surface area (TPSA) is 70.7 Å². The zero-order chi connectivity index (χ0) is 17.4. The average Bonchev–Trinajstić information content (AvgIpc) is 2.47. The minimum absolute atomic E-state index is 0.0142. The molecule has 0 fully saturated rings. The second-order valence-electron chi connectivity index (χ2n) is 5.79. The largest absolute Gasteiger partial charge is 0.494 e. The summed E-state index contributed by atoms with van der Waals surface area (Å²) in [4.78, 5) is 25.5. The van der Waals surface area contributed by atoms with Gasteiger partial charge in [-0.3, -0.25) is 15.0 Å². The number of rotatable bonds is 7. The van der Waals surface area contributed by atoms with Crippen molar-refractivity contribution >= 4 is 11.9 Å². The number of ether oxygens (including phenoxy) is 1. The number of hydrogen-bond acceptors (Lipinski definition) is 4. The Kier molecular flexibility index (Phi) is 7.54. The summed E-state index contributed by atoms with van der Waals surface area (Å²) in [5.41, 5.74) is 1.07. The van der Waals surface area contributed by atoms with E-state index in [1.165, 1.54) is 0 Å². The average molecular weight is 321 g/mol. The fourth-order valence-electron chi connectivity index (χ4n) is 2.00. The molecule has 0 spiro atoms. The van der Waals surface area contributed by atoms with E-state index in [0.29, 0.717) is 13.2 Å². The minimum Gasteiger partial charge on any atom is -0.494 e. The van der Waals surface area contributed by atoms with Gasteiger partial charge in [0.15, 0.2) is 0 Å². The Morgan fingerprint density at radius 1 is 1.17 bits per heavy atom. The lowest BCUT2D eigenvalue weighted by Gasteiger charge is -2.24. The molecular formula is C17H27N3O3. The van der Waals surface area contributed by atoms with Gasteiger partial charge in [0.1, 0.15) is 5.75 Å². The SMILES string of the molecule is CCOc1ccc(CN(C)[C@H](C)C(=O)NC(=O)NC(C)C)cc1. The molecule has 6 heteroatoms. The zero-order valence-electron chi connectivity index (χ0n) is 14.6. The van der Waals surface area contributed by atoms with Gasteiger partial charge >= 0.3 is 6.03 Å². The third-order valence-corrected chi connectivity index (χ3v) is 3.36. The first-order valence-electron chi connectivity index (χ1n) is 7.86. The van der Waals surface area contributed by atoms with Crippen LogP contribution in [0.2, 0.25) is 0 Å². The second-order valence-corrected chi connectivity index (χ2v) is 5.79. The number of hydrogen-bond donors (Lipinski definition) is 2. The van der Waals surface area contributed by atoms with Gasteiger partial charge in [0.25, 0.3) is 0 Å². The predicted molar refractivity (Wildman–Crippen MR) is 90.4 cm³/mol. The molecule has 0 heterocycles. The number of urea groups is 1. The molecule has 1 aromatic carbocycles. The van der Waals surface area contributed by atoms with Gasteiger partial charge < -0.3 is 10.1 Å². The van der Waals surface area contributed by atoms with Crippen molar-refractivity contribution in [3.8, 4) is 5.75 Å². The van der Waals surface area contributed by atoms with Crippen LogP contribution < -0.4 is 15.4 Å². The van der Waals surface area contributed by atoms with Crippen LogP contribution in [0.4, 0.5) is 4.79 Å². The first kappa shape index (κ1) is 19.0. The maximum Gasteiger partial charge on any atom is 0.321 e. The van der Waals surface area contributed by atoms with Crippen LogP contribution in [0.3, 0.4) is 0 Å². The quantitative estimate of drug-likeness (QED) is 0.807. The Morgan fingerprint density at radius 3 is 2.30 bits per heavy atom. The van der Waals surface area contributed by atoms with Crippen molar-refractivity contribution in [1.82, 2.24) is 15.5 Å². The van der Waals surface area contributed by atoms with Crippen LogP contribution in [0.1, 0.15) is 33.3 Å². The lowest BCUT2D eigenvalue weighted by atomic mass is 10.2. The van der Waals surface area contributed by atoms with E-state index in [1.54, 1.807) is 6.92 Å². The summed E-state index contributed by atoms with van der Waals surface area (Å²) >= 11 is 0. The van der Waals surface area contributed by atoms with E-state index in [4.69, 9.17) is 4.74 Å². The normalized spacial score (nSPS) is 12.1. The van der Waals surface area contributed by atoms with Crippen LogP contribution >= 0.6 is 0 Å². The smallest absolute Gasteiger partial charge is 0.321 e. The van der Waals surface area contributed by atoms with Crippen molar-refractivity contribution in [2.24, 2.45) is 0 Å². The van der Waals surface area contributed by atoms with E-state index in [2.05, 4.69) is 10.6 Å². The Hall–Kier alpha value is -2.08. The summed E-state index contributed by atoms with van der Waals surface area (Å²) in [7, 11) is 1.85. The van der Waals surface area contributed by atoms with Crippen LogP contribution in [0.5, 0.6) is 5.75 Å². The van der Waals surface area contributed by atoms with Crippen LogP contribution in [0, 0.1) is 0 Å². The Balaban J connectivity index is 2.53. The van der Waals surface area contributed by atoms with Gasteiger partial charge in [-0.1, -0.05) is 12.1 Å². The van der Waals surface area contributed by atoms with Crippen molar-refractivity contribution in [2.45, 2.75) is 46.3 Å². The molecule has 2 N–H and O–H groups in total. The van der Waals surface area contributed by atoms with Gasteiger partial charge in [0.2, 0.25) is 5.91 Å². The van der Waals surface area contributed by atoms with Crippen LogP contribution in [0.25, 0.3) is 0 Å². The fourth-order valence-corrected chi connectivity index (χ4v) is 2.00. The molecule has 0 aliphatic carbocycles. The lowest BCUT2D eigenvalue weighted by Crippen LogP contribution is -2.49. The van der Waals surface area contributed by atoms with Gasteiger partial charge in [0, 0.05) is 12.6 Å². The molecule has 0 aliphatic heterocycles. The van der Waals surface area contributed by atoms with Crippen LogP contribution in [-0.2, 0) is 11.3 Å². The van der Waals surface area contributed by atoms with Crippen molar-refractivity contribution < 1.29 is 14.3 Å². The highest BCUT2D eigenvalue weighted by molar-refractivity contribution is 5.96. The van der Waals surface area contributed by atoms with Gasteiger partial charge in [-0.05, 0) is 52.4 Å². The number of nitrogens with zero attached hydrogens (tertiary/aromatic N) is 1. The fraction of sp³-hybridized carbons (Fsp3) is 0.529. The van der Waals surface area contributed by atoms with Crippen molar-refractivity contribution in [3.05, 3.63) is 29.8 Å². The maximum atomic E-state index is 12.1. The molecular weight excluding hydrogens is 294 g/mol. The van der Waals surface area contributed by atoms with E-state index >= 15 is 0 Å². The zero-order valence-corrected chi connectivity index (χ0v) is 14.6. The molecule has 0 aliphatic rings. The van der Waals surface area contributed by atoms with Gasteiger partial charge in [0.05, 0.1) is 12.6 Å². The van der Waals surface area contributed by atoms with Crippen LogP contribution in [-0.4, -0.2) is 42.6 Å². The molecule has 1 aromatic rings. The van der Waals surface area contributed by atoms with Crippen LogP contribution in [0.15, 0.2) is 24.3 Å². The minimum atomic E-state index is -0.466. The highest BCUT2D eigenvalue weighted by Gasteiger charge is 2.20. The maximum absolute atomic E-state index is 12.1. The molecule has 0 bridgehead atoms. The summed E-state index contributed by atoms with van der Waals surface area (Å²) < 4.78 is 5.40. The third-order valence-electron chi connectivity index (χ3n) is 3.36. The highest BCUT2D eigenvalue weighted by atomic mass is 16.5. The molecule has 3 amide bonds.